The molecule has 0 spiro atoms. The largest absolute Gasteiger partial charge is 0.481 e. The normalized spacial score (nSPS) is 16.5. The number of H-pyrrole nitrogens is 1. The second kappa shape index (κ2) is 29.7. The molecule has 2 heterocycles. The molecule has 1 saturated heterocycles. The number of likely N-dealkylation sites (tertiary alicyclic amines) is 1. The number of nitrogens with one attached hydrogen (secondary N) is 8. The molecule has 1 fully saturated rings. The fraction of sp³-hybridized carbons (Fsp3) is 0.469. The summed E-state index contributed by atoms with van der Waals surface area (Å²) in [6, 6.07) is 0.213. The first-order chi connectivity index (χ1) is 36.9. The minimum absolute atomic E-state index is 0.00680. The van der Waals surface area contributed by atoms with Gasteiger partial charge in [0.1, 0.15) is 42.3 Å². The molecule has 2 aromatic carbocycles. The van der Waals surface area contributed by atoms with Gasteiger partial charge in [0.05, 0.1) is 31.8 Å². The van der Waals surface area contributed by atoms with Gasteiger partial charge in [0.2, 0.25) is 59.1 Å². The quantitative estimate of drug-likeness (QED) is 0.0285. The van der Waals surface area contributed by atoms with Crippen molar-refractivity contribution in [2.24, 2.45) is 17.2 Å². The van der Waals surface area contributed by atoms with Gasteiger partial charge in [0.15, 0.2) is 6.04 Å². The molecule has 19 N–H and O–H groups in total. The van der Waals surface area contributed by atoms with E-state index in [9.17, 15) is 83.1 Å². The van der Waals surface area contributed by atoms with Crippen LogP contribution in [0.4, 0.5) is 0 Å². The van der Waals surface area contributed by atoms with E-state index in [0.29, 0.717) is 22.0 Å². The molecule has 0 radical (unpaired) electrons. The predicted molar refractivity (Wildman–Crippen MR) is 271 cm³/mol. The molecule has 3 aromatic rings. The number of aliphatic hydroxyl groups excluding tert-OH is 3. The van der Waals surface area contributed by atoms with Crippen LogP contribution in [-0.2, 0) is 70.4 Å². The molecular weight excluding hydrogens is 1030 g/mol. The Hall–Kier alpha value is -8.54. The van der Waals surface area contributed by atoms with Crippen molar-refractivity contribution in [3.8, 4) is 0 Å². The van der Waals surface area contributed by atoms with E-state index in [1.807, 2.05) is 0 Å². The number of fused-ring (bicyclic) bond motifs is 1. The number of aromatic amines is 1. The average Bonchev–Trinajstić information content (AvgIpc) is 4.08. The van der Waals surface area contributed by atoms with Gasteiger partial charge in [0.25, 0.3) is 0 Å². The number of hydrogen-bond acceptors (Lipinski definition) is 16. The van der Waals surface area contributed by atoms with Gasteiger partial charge in [-0.2, -0.15) is 0 Å². The van der Waals surface area contributed by atoms with Gasteiger partial charge < -0.3 is 89.8 Å². The van der Waals surface area contributed by atoms with Crippen molar-refractivity contribution in [1.29, 1.82) is 0 Å². The Kier molecular flexibility index (Phi) is 23.6. The SMILES string of the molecule is C[C@@H](O)[C@H](NC(=O)[C@H](Cc1ccccc1)NC(=O)[C@@H]1CCCN1C(=O)[C@H](CC(=O)O)NC(=O)[C@H](CO)NC(=O)[C@H](CO)NC(=O)[C@H](Cc1c[nH]c2ccccc12)NC(=O)[C@H](CCC(N)=O)NC(=O)[C@@H](N)CCC(N)=O)C(=O)O. The smallest absolute Gasteiger partial charge is 0.328 e. The second-order valence-corrected chi connectivity index (χ2v) is 18.5. The summed E-state index contributed by atoms with van der Waals surface area (Å²) in [7, 11) is 0. The van der Waals surface area contributed by atoms with Crippen LogP contribution in [0, 0.1) is 0 Å². The highest BCUT2D eigenvalue weighted by molar-refractivity contribution is 5.99. The molecule has 29 nitrogen and oxygen atoms in total. The minimum atomic E-state index is -1.98. The van der Waals surface area contributed by atoms with E-state index >= 15 is 0 Å². The van der Waals surface area contributed by atoms with Crippen molar-refractivity contribution in [1.82, 2.24) is 47.1 Å². The summed E-state index contributed by atoms with van der Waals surface area (Å²) in [5.41, 5.74) is 18.0. The van der Waals surface area contributed by atoms with E-state index in [2.05, 4.69) is 42.2 Å². The number of rotatable bonds is 31. The first-order valence-corrected chi connectivity index (χ1v) is 24.6. The number of carbonyl (C=O) groups excluding carboxylic acids is 10. The van der Waals surface area contributed by atoms with Crippen molar-refractivity contribution < 1.29 is 83.1 Å². The second-order valence-electron chi connectivity index (χ2n) is 18.5. The molecule has 78 heavy (non-hydrogen) atoms. The summed E-state index contributed by atoms with van der Waals surface area (Å²) in [6.45, 7) is -1.36. The minimum Gasteiger partial charge on any atom is -0.481 e. The molecular formula is C49H66N12O17. The lowest BCUT2D eigenvalue weighted by atomic mass is 10.0. The van der Waals surface area contributed by atoms with E-state index in [4.69, 9.17) is 17.2 Å². The standard InChI is InChI=1S/C49H66N12O17/c1-24(64)40(49(77)78)60-44(72)31(18-25-8-3-2-4-9-25)56-47(75)36-12-7-17-61(36)48(76)33(20-39(67)68)57-45(73)34(22-62)59-46(74)35(23-63)58-43(71)32(19-26-21-53-29-11-6-5-10-27(26)29)55-42(70)30(14-16-38(52)66)54-41(69)28(50)13-15-37(51)65/h2-6,8-11,21,24,28,30-36,40,53,62-64H,7,12-20,22-23,50H2,1H3,(H2,51,65)(H2,52,66)(H,54,69)(H,55,70)(H,56,75)(H,57,73)(H,58,71)(H,59,74)(H,60,72)(H,67,68)(H,77,78)/t24-,28+,30+,31+,32+,33+,34+,35+,36+,40+/m1/s1. The number of hydrogen-bond donors (Lipinski definition) is 16. The van der Waals surface area contributed by atoms with E-state index in [0.717, 1.165) is 11.8 Å². The number of carbonyl (C=O) groups is 12. The van der Waals surface area contributed by atoms with Crippen LogP contribution >= 0.6 is 0 Å². The molecule has 0 unspecified atom stereocenters. The number of carboxylic acids is 2. The summed E-state index contributed by atoms with van der Waals surface area (Å²) in [5.74, 6) is -13.5. The van der Waals surface area contributed by atoms with Gasteiger partial charge in [-0.25, -0.2) is 4.79 Å². The third-order valence-electron chi connectivity index (χ3n) is 12.5. The van der Waals surface area contributed by atoms with Crippen molar-refractivity contribution >= 4 is 81.9 Å². The Morgan fingerprint density at radius 3 is 1.73 bits per heavy atom. The Morgan fingerprint density at radius 2 is 1.15 bits per heavy atom. The number of nitrogens with two attached hydrogens (primary N) is 3. The van der Waals surface area contributed by atoms with Crippen molar-refractivity contribution in [3.63, 3.8) is 0 Å². The van der Waals surface area contributed by atoms with E-state index in [1.54, 1.807) is 54.6 Å². The number of para-hydroxylation sites is 1. The van der Waals surface area contributed by atoms with Crippen LogP contribution in [0.3, 0.4) is 0 Å². The highest BCUT2D eigenvalue weighted by Crippen LogP contribution is 2.22. The van der Waals surface area contributed by atoms with E-state index < -0.39 is 158 Å². The number of carboxylic acid groups (broad SMARTS) is 2. The summed E-state index contributed by atoms with van der Waals surface area (Å²) >= 11 is 0. The zero-order chi connectivity index (χ0) is 57.8. The topological polar surface area (TPSA) is 487 Å². The number of aromatic nitrogens is 1. The maximum atomic E-state index is 14.1. The molecule has 4 rings (SSSR count). The summed E-state index contributed by atoms with van der Waals surface area (Å²) in [4.78, 5) is 161. The van der Waals surface area contributed by atoms with E-state index in [-0.39, 0.29) is 51.5 Å². The highest BCUT2D eigenvalue weighted by Gasteiger charge is 2.41. The fourth-order valence-electron chi connectivity index (χ4n) is 8.32. The Labute approximate surface area is 445 Å². The maximum Gasteiger partial charge on any atom is 0.328 e. The average molecular weight is 1100 g/mol. The molecule has 0 aliphatic carbocycles. The fourth-order valence-corrected chi connectivity index (χ4v) is 8.32. The van der Waals surface area contributed by atoms with Gasteiger partial charge in [-0.15, -0.1) is 0 Å². The zero-order valence-corrected chi connectivity index (χ0v) is 42.3. The van der Waals surface area contributed by atoms with Crippen molar-refractivity contribution in [3.05, 3.63) is 71.9 Å². The zero-order valence-electron chi connectivity index (χ0n) is 42.3. The molecule has 1 aliphatic rings. The van der Waals surface area contributed by atoms with Crippen LogP contribution in [0.15, 0.2) is 60.8 Å². The number of aliphatic hydroxyl groups is 3. The molecule has 10 atom stereocenters. The lowest BCUT2D eigenvalue weighted by Gasteiger charge is -2.30. The van der Waals surface area contributed by atoms with Crippen LogP contribution in [-0.4, -0.2) is 187 Å². The van der Waals surface area contributed by atoms with Crippen molar-refractivity contribution in [2.75, 3.05) is 19.8 Å². The molecule has 424 valence electrons. The van der Waals surface area contributed by atoms with Gasteiger partial charge >= 0.3 is 11.9 Å². The summed E-state index contributed by atoms with van der Waals surface area (Å²) in [5, 5.41) is 66.7. The Bertz CT molecular complexity index is 2670. The third kappa shape index (κ3) is 18.3. The molecule has 1 aromatic heterocycles. The van der Waals surface area contributed by atoms with Crippen LogP contribution < -0.4 is 54.4 Å². The van der Waals surface area contributed by atoms with Crippen LogP contribution in [0.5, 0.6) is 0 Å². The monoisotopic (exact) mass is 1090 g/mol. The first-order valence-electron chi connectivity index (χ1n) is 24.6. The first kappa shape index (κ1) is 62.0. The van der Waals surface area contributed by atoms with Gasteiger partial charge in [-0.3, -0.25) is 52.7 Å². The third-order valence-corrected chi connectivity index (χ3v) is 12.5. The number of nitrogens with zero attached hydrogens (tertiary/aromatic N) is 1. The number of amides is 10. The van der Waals surface area contributed by atoms with Crippen LogP contribution in [0.25, 0.3) is 10.9 Å². The predicted octanol–water partition coefficient (Wildman–Crippen LogP) is -5.88. The van der Waals surface area contributed by atoms with Gasteiger partial charge in [0, 0.05) is 49.3 Å². The summed E-state index contributed by atoms with van der Waals surface area (Å²) < 4.78 is 0. The lowest BCUT2D eigenvalue weighted by Crippen LogP contribution is -2.61. The summed E-state index contributed by atoms with van der Waals surface area (Å²) in [6.07, 6.45) is -2.64. The molecule has 10 amide bonds. The number of aliphatic carboxylic acids is 2. The van der Waals surface area contributed by atoms with Crippen LogP contribution in [0.2, 0.25) is 0 Å². The molecule has 0 saturated carbocycles. The van der Waals surface area contributed by atoms with Crippen LogP contribution in [0.1, 0.15) is 63.0 Å². The van der Waals surface area contributed by atoms with Gasteiger partial charge in [-0.1, -0.05) is 48.5 Å². The Balaban J connectivity index is 1.52. The number of primary amides is 2. The van der Waals surface area contributed by atoms with E-state index in [1.165, 1.54) is 6.20 Å². The Morgan fingerprint density at radius 1 is 0.641 bits per heavy atom. The number of benzene rings is 2. The molecule has 29 heteroatoms. The van der Waals surface area contributed by atoms with Crippen molar-refractivity contribution in [2.45, 2.75) is 125 Å². The molecule has 0 bridgehead atoms. The molecule has 1 aliphatic heterocycles. The maximum absolute atomic E-state index is 14.1. The lowest BCUT2D eigenvalue weighted by molar-refractivity contribution is -0.146. The van der Waals surface area contributed by atoms with Gasteiger partial charge in [-0.05, 0) is 49.8 Å². The highest BCUT2D eigenvalue weighted by atomic mass is 16.4.